The summed E-state index contributed by atoms with van der Waals surface area (Å²) in [4.78, 5) is 37.8. The van der Waals surface area contributed by atoms with E-state index < -0.39 is 12.1 Å². The van der Waals surface area contributed by atoms with Crippen molar-refractivity contribution < 1.29 is 28.6 Å². The minimum Gasteiger partial charge on any atom is -0.462 e. The third-order valence-corrected chi connectivity index (χ3v) is 10.6. The van der Waals surface area contributed by atoms with Gasteiger partial charge in [0.05, 0.1) is 0 Å². The van der Waals surface area contributed by atoms with Crippen LogP contribution in [0.5, 0.6) is 0 Å². The van der Waals surface area contributed by atoms with E-state index in [0.29, 0.717) is 19.3 Å². The Hall–Kier alpha value is -3.67. The largest absolute Gasteiger partial charge is 0.462 e. The molecule has 0 bridgehead atoms. The molecule has 0 aromatic rings. The second-order valence-corrected chi connectivity index (χ2v) is 16.7. The van der Waals surface area contributed by atoms with Gasteiger partial charge in [0.2, 0.25) is 0 Å². The Kier molecular flexibility index (Phi) is 48.0. The molecule has 0 saturated heterocycles. The molecule has 6 nitrogen and oxygen atoms in total. The molecule has 0 N–H and O–H groups in total. The molecule has 0 amide bonds. The highest BCUT2D eigenvalue weighted by Gasteiger charge is 2.19. The number of ether oxygens (including phenoxy) is 3. The standard InChI is InChI=1S/C57H94O6/c1-4-7-10-13-16-19-21-23-24-25-26-27-28-29-30-31-32-34-35-38-41-44-47-50-56(59)62-53-54(52-61-55(58)49-46-43-40-37-18-15-12-9-6-3)63-57(60)51-48-45-42-39-36-33-22-20-17-14-11-8-5-2/h7-8,10-11,16-17,19-20,23-24,26-27,33,36,42,45,54H,4-6,9,12-15,18,21-22,25,28-32,34-35,37-41,43-44,46-53H2,1-3H3/b10-7-,11-8-,19-16-,20-17-,24-23-,27-26-,36-33-,45-42-. The van der Waals surface area contributed by atoms with Crippen LogP contribution in [0, 0.1) is 0 Å². The third-order valence-electron chi connectivity index (χ3n) is 10.6. The van der Waals surface area contributed by atoms with Crippen LogP contribution in [0.15, 0.2) is 97.2 Å². The van der Waals surface area contributed by atoms with Crippen molar-refractivity contribution in [2.45, 2.75) is 232 Å². The van der Waals surface area contributed by atoms with Crippen molar-refractivity contribution in [1.29, 1.82) is 0 Å². The SMILES string of the molecule is CC/C=C\C/C=C\C/C=C\C/C=C\CCCCCCCCCCCCC(=O)OCC(COC(=O)CCCCCCCCCCC)OC(=O)CC/C=C\C/C=C\C/C=C\C/C=C\CC. The molecule has 0 aromatic carbocycles. The maximum atomic E-state index is 12.7. The van der Waals surface area contributed by atoms with E-state index in [4.69, 9.17) is 14.2 Å². The van der Waals surface area contributed by atoms with Crippen molar-refractivity contribution in [3.05, 3.63) is 97.2 Å². The average molecular weight is 875 g/mol. The molecule has 0 aliphatic rings. The first-order chi connectivity index (χ1) is 31.0. The Morgan fingerprint density at radius 1 is 0.333 bits per heavy atom. The van der Waals surface area contributed by atoms with Gasteiger partial charge in [0.25, 0.3) is 0 Å². The molecule has 0 radical (unpaired) electrons. The smallest absolute Gasteiger partial charge is 0.306 e. The van der Waals surface area contributed by atoms with Gasteiger partial charge in [0.15, 0.2) is 6.10 Å². The van der Waals surface area contributed by atoms with Gasteiger partial charge in [-0.05, 0) is 83.5 Å². The van der Waals surface area contributed by atoms with Crippen LogP contribution in [-0.2, 0) is 28.6 Å². The van der Waals surface area contributed by atoms with Crippen LogP contribution in [0.3, 0.4) is 0 Å². The van der Waals surface area contributed by atoms with Gasteiger partial charge in [0.1, 0.15) is 13.2 Å². The molecule has 0 saturated carbocycles. The van der Waals surface area contributed by atoms with Crippen molar-refractivity contribution in [1.82, 2.24) is 0 Å². The lowest BCUT2D eigenvalue weighted by Crippen LogP contribution is -2.30. The summed E-state index contributed by atoms with van der Waals surface area (Å²) in [6.07, 6.45) is 67.0. The lowest BCUT2D eigenvalue weighted by molar-refractivity contribution is -0.166. The van der Waals surface area contributed by atoms with Crippen LogP contribution in [0.4, 0.5) is 0 Å². The van der Waals surface area contributed by atoms with Crippen LogP contribution in [0.2, 0.25) is 0 Å². The Morgan fingerprint density at radius 3 is 1.03 bits per heavy atom. The fourth-order valence-corrected chi connectivity index (χ4v) is 6.80. The second-order valence-electron chi connectivity index (χ2n) is 16.7. The first-order valence-electron chi connectivity index (χ1n) is 25.7. The van der Waals surface area contributed by atoms with Gasteiger partial charge in [0, 0.05) is 19.3 Å². The fraction of sp³-hybridized carbons (Fsp3) is 0.667. The van der Waals surface area contributed by atoms with Crippen LogP contribution in [0.1, 0.15) is 226 Å². The van der Waals surface area contributed by atoms with E-state index in [9.17, 15) is 14.4 Å². The van der Waals surface area contributed by atoms with Crippen LogP contribution in [0.25, 0.3) is 0 Å². The Labute approximate surface area is 387 Å². The van der Waals surface area contributed by atoms with E-state index in [2.05, 4.69) is 106 Å². The van der Waals surface area contributed by atoms with Gasteiger partial charge >= 0.3 is 17.9 Å². The summed E-state index contributed by atoms with van der Waals surface area (Å²) in [6, 6.07) is 0. The van der Waals surface area contributed by atoms with Crippen molar-refractivity contribution in [3.8, 4) is 0 Å². The molecule has 0 fully saturated rings. The molecule has 1 unspecified atom stereocenters. The minimum absolute atomic E-state index is 0.107. The molecule has 0 aliphatic carbocycles. The third kappa shape index (κ3) is 49.2. The number of hydrogen-bond donors (Lipinski definition) is 0. The van der Waals surface area contributed by atoms with E-state index >= 15 is 0 Å². The zero-order valence-electron chi connectivity index (χ0n) is 40.8. The molecule has 0 rings (SSSR count). The van der Waals surface area contributed by atoms with Crippen molar-refractivity contribution in [3.63, 3.8) is 0 Å². The van der Waals surface area contributed by atoms with E-state index in [1.165, 1.54) is 89.9 Å². The maximum Gasteiger partial charge on any atom is 0.306 e. The van der Waals surface area contributed by atoms with E-state index in [-0.39, 0.29) is 31.6 Å². The number of rotatable bonds is 45. The maximum absolute atomic E-state index is 12.7. The number of carbonyl (C=O) groups is 3. The molecule has 0 heterocycles. The molecule has 0 spiro atoms. The highest BCUT2D eigenvalue weighted by Crippen LogP contribution is 2.14. The molecule has 1 atom stereocenters. The first kappa shape index (κ1) is 59.3. The number of carbonyl (C=O) groups excluding carboxylic acids is 3. The normalized spacial score (nSPS) is 12.9. The molecule has 0 aliphatic heterocycles. The van der Waals surface area contributed by atoms with E-state index in [0.717, 1.165) is 89.9 Å². The van der Waals surface area contributed by atoms with Gasteiger partial charge in [-0.1, -0.05) is 221 Å². The van der Waals surface area contributed by atoms with Crippen molar-refractivity contribution in [2.75, 3.05) is 13.2 Å². The first-order valence-corrected chi connectivity index (χ1v) is 25.7. The molecular weight excluding hydrogens is 781 g/mol. The lowest BCUT2D eigenvalue weighted by Gasteiger charge is -2.18. The van der Waals surface area contributed by atoms with Gasteiger partial charge in [-0.3, -0.25) is 14.4 Å². The summed E-state index contributed by atoms with van der Waals surface area (Å²) < 4.78 is 16.7. The zero-order chi connectivity index (χ0) is 45.8. The molecule has 0 aromatic heterocycles. The summed E-state index contributed by atoms with van der Waals surface area (Å²) in [6.45, 7) is 6.31. The summed E-state index contributed by atoms with van der Waals surface area (Å²) in [5.74, 6) is -1.000. The van der Waals surface area contributed by atoms with Gasteiger partial charge in [-0.15, -0.1) is 0 Å². The summed E-state index contributed by atoms with van der Waals surface area (Å²) in [7, 11) is 0. The Balaban J connectivity index is 4.32. The Bertz CT molecular complexity index is 1280. The molecule has 358 valence electrons. The number of esters is 3. The number of allylic oxidation sites excluding steroid dienone is 16. The molecular formula is C57H94O6. The quantitative estimate of drug-likeness (QED) is 0.0262. The van der Waals surface area contributed by atoms with Gasteiger partial charge in [-0.25, -0.2) is 0 Å². The minimum atomic E-state index is -0.814. The van der Waals surface area contributed by atoms with Gasteiger partial charge in [-0.2, -0.15) is 0 Å². The highest BCUT2D eigenvalue weighted by atomic mass is 16.6. The van der Waals surface area contributed by atoms with E-state index in [1.54, 1.807) is 0 Å². The summed E-state index contributed by atoms with van der Waals surface area (Å²) in [5.41, 5.74) is 0. The van der Waals surface area contributed by atoms with Crippen molar-refractivity contribution in [2.24, 2.45) is 0 Å². The van der Waals surface area contributed by atoms with Crippen molar-refractivity contribution >= 4 is 17.9 Å². The van der Waals surface area contributed by atoms with E-state index in [1.807, 2.05) is 12.2 Å². The topological polar surface area (TPSA) is 78.9 Å². The van der Waals surface area contributed by atoms with Crippen LogP contribution in [-0.4, -0.2) is 37.2 Å². The monoisotopic (exact) mass is 875 g/mol. The fourth-order valence-electron chi connectivity index (χ4n) is 6.80. The Morgan fingerprint density at radius 2 is 0.651 bits per heavy atom. The average Bonchev–Trinajstić information content (AvgIpc) is 3.28. The van der Waals surface area contributed by atoms with Gasteiger partial charge < -0.3 is 14.2 Å². The number of hydrogen-bond acceptors (Lipinski definition) is 6. The van der Waals surface area contributed by atoms with Crippen LogP contribution >= 0.6 is 0 Å². The molecule has 63 heavy (non-hydrogen) atoms. The molecule has 6 heteroatoms. The summed E-state index contributed by atoms with van der Waals surface area (Å²) in [5, 5.41) is 0. The second kappa shape index (κ2) is 51.0. The lowest BCUT2D eigenvalue weighted by atomic mass is 10.1. The highest BCUT2D eigenvalue weighted by molar-refractivity contribution is 5.71. The zero-order valence-corrected chi connectivity index (χ0v) is 40.8. The predicted molar refractivity (Wildman–Crippen MR) is 270 cm³/mol. The number of unbranched alkanes of at least 4 members (excludes halogenated alkanes) is 18. The predicted octanol–water partition coefficient (Wildman–Crippen LogP) is 17.0. The van der Waals surface area contributed by atoms with Crippen LogP contribution < -0.4 is 0 Å². The summed E-state index contributed by atoms with van der Waals surface area (Å²) >= 11 is 0.